The number of benzene rings is 1. The van der Waals surface area contributed by atoms with Crippen molar-refractivity contribution in [2.45, 2.75) is 6.29 Å². The molecular formula is C18H22N4O3. The van der Waals surface area contributed by atoms with Gasteiger partial charge in [-0.25, -0.2) is 9.97 Å². The van der Waals surface area contributed by atoms with E-state index in [4.69, 9.17) is 9.47 Å². The minimum atomic E-state index is -0.421. The van der Waals surface area contributed by atoms with Gasteiger partial charge in [0.1, 0.15) is 12.1 Å². The molecule has 0 radical (unpaired) electrons. The van der Waals surface area contributed by atoms with E-state index in [0.29, 0.717) is 19.6 Å². The third kappa shape index (κ3) is 4.12. The number of hydrogen-bond acceptors (Lipinski definition) is 6. The maximum absolute atomic E-state index is 12.1. The molecule has 0 aliphatic carbocycles. The van der Waals surface area contributed by atoms with Gasteiger partial charge in [-0.2, -0.15) is 0 Å². The molecule has 0 spiro atoms. The largest absolute Gasteiger partial charge is 0.355 e. The van der Waals surface area contributed by atoms with Crippen molar-refractivity contribution in [3.8, 4) is 11.3 Å². The van der Waals surface area contributed by atoms with Crippen molar-refractivity contribution in [3.05, 3.63) is 42.7 Å². The average Bonchev–Trinajstić information content (AvgIpc) is 2.62. The van der Waals surface area contributed by atoms with Crippen LogP contribution in [0.3, 0.4) is 0 Å². The first-order chi connectivity index (χ1) is 12.2. The summed E-state index contributed by atoms with van der Waals surface area (Å²) in [4.78, 5) is 22.9. The van der Waals surface area contributed by atoms with Crippen LogP contribution in [0, 0.1) is 5.92 Å². The van der Waals surface area contributed by atoms with E-state index in [2.05, 4.69) is 20.2 Å². The van der Waals surface area contributed by atoms with Crippen LogP contribution in [-0.4, -0.2) is 56.0 Å². The molecule has 1 fully saturated rings. The monoisotopic (exact) mass is 342 g/mol. The van der Waals surface area contributed by atoms with Gasteiger partial charge in [-0.3, -0.25) is 4.79 Å². The van der Waals surface area contributed by atoms with E-state index < -0.39 is 6.29 Å². The van der Waals surface area contributed by atoms with Gasteiger partial charge in [-0.15, -0.1) is 0 Å². The number of ether oxygens (including phenoxy) is 2. The van der Waals surface area contributed by atoms with Gasteiger partial charge in [-0.1, -0.05) is 30.3 Å². The second kappa shape index (κ2) is 8.04. The molecule has 0 unspecified atom stereocenters. The zero-order chi connectivity index (χ0) is 17.6. The molecule has 1 N–H and O–H groups in total. The number of nitrogens with zero attached hydrogens (tertiary/aromatic N) is 3. The molecule has 0 saturated carbocycles. The Morgan fingerprint density at radius 2 is 1.96 bits per heavy atom. The lowest BCUT2D eigenvalue weighted by Crippen LogP contribution is -2.54. The minimum absolute atomic E-state index is 0.00712. The molecule has 2 heterocycles. The summed E-state index contributed by atoms with van der Waals surface area (Å²) < 4.78 is 10.1. The Kier molecular flexibility index (Phi) is 5.57. The summed E-state index contributed by atoms with van der Waals surface area (Å²) in [6, 6.07) is 11.9. The summed E-state index contributed by atoms with van der Waals surface area (Å²) in [5, 5.41) is 2.85. The number of hydrogen-bond donors (Lipinski definition) is 1. The lowest BCUT2D eigenvalue weighted by molar-refractivity contribution is -0.131. The molecule has 3 rings (SSSR count). The molecule has 0 atom stereocenters. The highest BCUT2D eigenvalue weighted by atomic mass is 16.7. The summed E-state index contributed by atoms with van der Waals surface area (Å²) in [6.45, 7) is 1.62. The van der Waals surface area contributed by atoms with Crippen molar-refractivity contribution >= 4 is 11.7 Å². The number of nitrogens with one attached hydrogen (secondary N) is 1. The molecule has 7 heteroatoms. The van der Waals surface area contributed by atoms with Crippen LogP contribution in [0.4, 0.5) is 5.82 Å². The first-order valence-corrected chi connectivity index (χ1v) is 8.17. The second-order valence-corrected chi connectivity index (χ2v) is 5.88. The number of anilines is 1. The van der Waals surface area contributed by atoms with E-state index >= 15 is 0 Å². The zero-order valence-corrected chi connectivity index (χ0v) is 14.4. The molecule has 1 aromatic carbocycles. The van der Waals surface area contributed by atoms with Gasteiger partial charge in [0.15, 0.2) is 6.29 Å². The number of amides is 1. The summed E-state index contributed by atoms with van der Waals surface area (Å²) >= 11 is 0. The summed E-state index contributed by atoms with van der Waals surface area (Å²) in [5.41, 5.74) is 1.92. The third-order valence-corrected chi connectivity index (χ3v) is 4.27. The lowest BCUT2D eigenvalue weighted by atomic mass is 9.99. The highest BCUT2D eigenvalue weighted by Gasteiger charge is 2.33. The predicted octanol–water partition coefficient (Wildman–Crippen LogP) is 1.31. The molecule has 1 aliphatic rings. The molecule has 132 valence electrons. The Bertz CT molecular complexity index is 700. The van der Waals surface area contributed by atoms with Crippen LogP contribution < -0.4 is 10.2 Å². The van der Waals surface area contributed by atoms with Crippen LogP contribution in [0.5, 0.6) is 0 Å². The minimum Gasteiger partial charge on any atom is -0.355 e. The van der Waals surface area contributed by atoms with Gasteiger partial charge in [-0.05, 0) is 0 Å². The Balaban J connectivity index is 1.55. The number of carbonyl (C=O) groups excluding carboxylic acids is 1. The molecule has 2 aromatic rings. The first-order valence-electron chi connectivity index (χ1n) is 8.17. The zero-order valence-electron chi connectivity index (χ0n) is 14.4. The summed E-state index contributed by atoms with van der Waals surface area (Å²) in [6.07, 6.45) is 1.14. The van der Waals surface area contributed by atoms with Crippen molar-refractivity contribution in [2.24, 2.45) is 5.92 Å². The fourth-order valence-electron chi connectivity index (χ4n) is 2.71. The van der Waals surface area contributed by atoms with Crippen molar-refractivity contribution in [2.75, 3.05) is 38.8 Å². The first kappa shape index (κ1) is 17.3. The SMILES string of the molecule is COC(CNC(=O)C1CN(c2cc(-c3ccccc3)ncn2)C1)OC. The Morgan fingerprint density at radius 1 is 1.24 bits per heavy atom. The van der Waals surface area contributed by atoms with E-state index in [9.17, 15) is 4.79 Å². The smallest absolute Gasteiger partial charge is 0.226 e. The van der Waals surface area contributed by atoms with E-state index in [-0.39, 0.29) is 11.8 Å². The van der Waals surface area contributed by atoms with Crippen molar-refractivity contribution in [3.63, 3.8) is 0 Å². The van der Waals surface area contributed by atoms with Crippen LogP contribution in [0.15, 0.2) is 42.7 Å². The number of rotatable bonds is 7. The van der Waals surface area contributed by atoms with Crippen molar-refractivity contribution in [1.29, 1.82) is 0 Å². The highest BCUT2D eigenvalue weighted by molar-refractivity contribution is 5.82. The average molecular weight is 342 g/mol. The molecule has 25 heavy (non-hydrogen) atoms. The number of methoxy groups -OCH3 is 2. The highest BCUT2D eigenvalue weighted by Crippen LogP contribution is 2.26. The van der Waals surface area contributed by atoms with Crippen molar-refractivity contribution in [1.82, 2.24) is 15.3 Å². The molecular weight excluding hydrogens is 320 g/mol. The molecule has 7 nitrogen and oxygen atoms in total. The van der Waals surface area contributed by atoms with Gasteiger partial charge in [0.25, 0.3) is 0 Å². The third-order valence-electron chi connectivity index (χ3n) is 4.27. The molecule has 1 amide bonds. The summed E-state index contributed by atoms with van der Waals surface area (Å²) in [7, 11) is 3.09. The Morgan fingerprint density at radius 3 is 2.64 bits per heavy atom. The second-order valence-electron chi connectivity index (χ2n) is 5.88. The fraction of sp³-hybridized carbons (Fsp3) is 0.389. The van der Waals surface area contributed by atoms with E-state index in [1.807, 2.05) is 36.4 Å². The maximum atomic E-state index is 12.1. The number of carbonyl (C=O) groups is 1. The standard InChI is InChI=1S/C18H22N4O3/c1-24-17(25-2)9-19-18(23)14-10-22(11-14)16-8-15(20-12-21-16)13-6-4-3-5-7-13/h3-8,12,14,17H,9-11H2,1-2H3,(H,19,23). The van der Waals surface area contributed by atoms with Gasteiger partial charge >= 0.3 is 0 Å². The maximum Gasteiger partial charge on any atom is 0.226 e. The van der Waals surface area contributed by atoms with E-state index in [0.717, 1.165) is 17.1 Å². The molecule has 1 saturated heterocycles. The van der Waals surface area contributed by atoms with Crippen LogP contribution >= 0.6 is 0 Å². The van der Waals surface area contributed by atoms with Gasteiger partial charge in [0.2, 0.25) is 5.91 Å². The number of aromatic nitrogens is 2. The van der Waals surface area contributed by atoms with E-state index in [1.54, 1.807) is 20.5 Å². The normalized spacial score (nSPS) is 14.4. The topological polar surface area (TPSA) is 76.6 Å². The van der Waals surface area contributed by atoms with Crippen LogP contribution in [-0.2, 0) is 14.3 Å². The lowest BCUT2D eigenvalue weighted by Gasteiger charge is -2.39. The fourth-order valence-corrected chi connectivity index (χ4v) is 2.71. The van der Waals surface area contributed by atoms with Crippen LogP contribution in [0.1, 0.15) is 0 Å². The molecule has 0 bridgehead atoms. The van der Waals surface area contributed by atoms with Gasteiger partial charge < -0.3 is 19.7 Å². The van der Waals surface area contributed by atoms with Gasteiger partial charge in [0, 0.05) is 38.9 Å². The molecule has 1 aliphatic heterocycles. The predicted molar refractivity (Wildman–Crippen MR) is 94.0 cm³/mol. The Labute approximate surface area is 147 Å². The Hall–Kier alpha value is -2.51. The van der Waals surface area contributed by atoms with Crippen LogP contribution in [0.2, 0.25) is 0 Å². The van der Waals surface area contributed by atoms with Gasteiger partial charge in [0.05, 0.1) is 18.2 Å². The summed E-state index contributed by atoms with van der Waals surface area (Å²) in [5.74, 6) is 0.793. The van der Waals surface area contributed by atoms with Crippen LogP contribution in [0.25, 0.3) is 11.3 Å². The quantitative estimate of drug-likeness (QED) is 0.765. The van der Waals surface area contributed by atoms with E-state index in [1.165, 1.54) is 0 Å². The van der Waals surface area contributed by atoms with Crippen molar-refractivity contribution < 1.29 is 14.3 Å². The molecule has 1 aromatic heterocycles.